The highest BCUT2D eigenvalue weighted by Gasteiger charge is 2.31. The molecule has 3 heterocycles. The number of hydrogen-bond donors (Lipinski definition) is 0. The molecule has 0 radical (unpaired) electrons. The van der Waals surface area contributed by atoms with E-state index in [1.165, 1.54) is 29.1 Å². The van der Waals surface area contributed by atoms with Crippen molar-refractivity contribution in [2.75, 3.05) is 26.2 Å². The van der Waals surface area contributed by atoms with Gasteiger partial charge in [-0.1, -0.05) is 0 Å². The van der Waals surface area contributed by atoms with Gasteiger partial charge in [0.15, 0.2) is 6.61 Å². The number of carbonyl (C=O) groups is 3. The van der Waals surface area contributed by atoms with Crippen LogP contribution in [0.15, 0.2) is 35.7 Å². The molecule has 30 heavy (non-hydrogen) atoms. The summed E-state index contributed by atoms with van der Waals surface area (Å²) in [5.41, 5.74) is 1.55. The third-order valence-electron chi connectivity index (χ3n) is 5.63. The fourth-order valence-corrected chi connectivity index (χ4v) is 4.82. The fraction of sp³-hybridized carbons (Fsp3) is 0.409. The highest BCUT2D eigenvalue weighted by molar-refractivity contribution is 7.10. The summed E-state index contributed by atoms with van der Waals surface area (Å²) in [4.78, 5) is 42.2. The molecule has 158 valence electrons. The summed E-state index contributed by atoms with van der Waals surface area (Å²) in [5, 5.41) is 2.03. The number of halogens is 1. The molecule has 6 nitrogen and oxygen atoms in total. The fourth-order valence-electron chi connectivity index (χ4n) is 3.93. The lowest BCUT2D eigenvalue weighted by Crippen LogP contribution is -2.43. The zero-order valence-electron chi connectivity index (χ0n) is 16.5. The number of nitrogens with zero attached hydrogens (tertiary/aromatic N) is 2. The molecule has 1 aromatic carbocycles. The molecule has 2 aliphatic heterocycles. The number of hydrogen-bond acceptors (Lipinski definition) is 5. The van der Waals surface area contributed by atoms with Gasteiger partial charge in [0.05, 0.1) is 5.92 Å². The van der Waals surface area contributed by atoms with Crippen LogP contribution >= 0.6 is 11.3 Å². The van der Waals surface area contributed by atoms with E-state index in [-0.39, 0.29) is 25.0 Å². The molecule has 1 unspecified atom stereocenters. The summed E-state index contributed by atoms with van der Waals surface area (Å²) in [6.45, 7) is 1.69. The Morgan fingerprint density at radius 2 is 1.90 bits per heavy atom. The summed E-state index contributed by atoms with van der Waals surface area (Å²) in [6, 6.07) is 7.40. The van der Waals surface area contributed by atoms with Crippen molar-refractivity contribution in [1.29, 1.82) is 0 Å². The lowest BCUT2D eigenvalue weighted by molar-refractivity contribution is -0.157. The van der Waals surface area contributed by atoms with Gasteiger partial charge in [0.25, 0.3) is 11.8 Å². The van der Waals surface area contributed by atoms with Gasteiger partial charge in [0, 0.05) is 36.6 Å². The Morgan fingerprint density at radius 1 is 1.10 bits per heavy atom. The van der Waals surface area contributed by atoms with Gasteiger partial charge in [-0.25, -0.2) is 4.39 Å². The Morgan fingerprint density at radius 3 is 2.70 bits per heavy atom. The van der Waals surface area contributed by atoms with Gasteiger partial charge in [0.1, 0.15) is 5.82 Å². The van der Waals surface area contributed by atoms with Crippen LogP contribution in [-0.2, 0) is 27.3 Å². The zero-order chi connectivity index (χ0) is 21.1. The molecule has 0 N–H and O–H groups in total. The summed E-state index contributed by atoms with van der Waals surface area (Å²) in [7, 11) is 0. The van der Waals surface area contributed by atoms with Gasteiger partial charge in [-0.2, -0.15) is 0 Å². The standard InChI is InChI=1S/C22H23FN2O4S/c23-18-5-3-15(4-6-18)21(27)25-9-1-2-17(13-25)22(28)29-14-20(26)24-10-7-19-16(12-24)8-11-30-19/h3-6,8,11,17H,1-2,7,9-10,12-14H2. The van der Waals surface area contributed by atoms with Crippen LogP contribution < -0.4 is 0 Å². The van der Waals surface area contributed by atoms with Crippen LogP contribution in [0.1, 0.15) is 33.6 Å². The minimum absolute atomic E-state index is 0.199. The molecule has 2 amide bonds. The molecule has 2 aromatic rings. The number of ether oxygens (including phenoxy) is 1. The quantitative estimate of drug-likeness (QED) is 0.700. The van der Waals surface area contributed by atoms with Crippen LogP contribution in [0.25, 0.3) is 0 Å². The number of carbonyl (C=O) groups excluding carboxylic acids is 3. The first-order chi connectivity index (χ1) is 14.5. The van der Waals surface area contributed by atoms with Crippen molar-refractivity contribution >= 4 is 29.1 Å². The SMILES string of the molecule is O=C(OCC(=O)N1CCc2sccc2C1)C1CCCN(C(=O)c2ccc(F)cc2)C1. The van der Waals surface area contributed by atoms with Crippen LogP contribution in [0, 0.1) is 11.7 Å². The molecule has 0 spiro atoms. The maximum absolute atomic E-state index is 13.1. The molecule has 1 saturated heterocycles. The smallest absolute Gasteiger partial charge is 0.311 e. The Bertz CT molecular complexity index is 943. The van der Waals surface area contributed by atoms with E-state index < -0.39 is 17.7 Å². The van der Waals surface area contributed by atoms with Crippen molar-refractivity contribution in [1.82, 2.24) is 9.80 Å². The maximum Gasteiger partial charge on any atom is 0.311 e. The number of fused-ring (bicyclic) bond motifs is 1. The maximum atomic E-state index is 13.1. The second kappa shape index (κ2) is 8.95. The minimum atomic E-state index is -0.458. The zero-order valence-corrected chi connectivity index (χ0v) is 17.3. The summed E-state index contributed by atoms with van der Waals surface area (Å²) < 4.78 is 18.4. The van der Waals surface area contributed by atoms with Gasteiger partial charge in [-0.3, -0.25) is 14.4 Å². The van der Waals surface area contributed by atoms with Gasteiger partial charge in [-0.05, 0) is 60.5 Å². The van der Waals surface area contributed by atoms with E-state index in [0.29, 0.717) is 38.0 Å². The third-order valence-corrected chi connectivity index (χ3v) is 6.65. The van der Waals surface area contributed by atoms with Crippen LogP contribution in [0.5, 0.6) is 0 Å². The second-order valence-electron chi connectivity index (χ2n) is 7.64. The van der Waals surface area contributed by atoms with Crippen molar-refractivity contribution in [3.05, 3.63) is 57.5 Å². The molecule has 8 heteroatoms. The topological polar surface area (TPSA) is 66.9 Å². The second-order valence-corrected chi connectivity index (χ2v) is 8.64. The van der Waals surface area contributed by atoms with E-state index in [2.05, 4.69) is 0 Å². The van der Waals surface area contributed by atoms with Crippen LogP contribution in [0.3, 0.4) is 0 Å². The first-order valence-corrected chi connectivity index (χ1v) is 10.9. The lowest BCUT2D eigenvalue weighted by Gasteiger charge is -2.32. The largest absolute Gasteiger partial charge is 0.455 e. The molecule has 2 aliphatic rings. The summed E-state index contributed by atoms with van der Waals surface area (Å²) in [5.74, 6) is -1.74. The number of rotatable bonds is 4. The number of benzene rings is 1. The predicted octanol–water partition coefficient (Wildman–Crippen LogP) is 2.87. The van der Waals surface area contributed by atoms with Crippen molar-refractivity contribution < 1.29 is 23.5 Å². The van der Waals surface area contributed by atoms with Crippen molar-refractivity contribution in [3.8, 4) is 0 Å². The highest BCUT2D eigenvalue weighted by atomic mass is 32.1. The molecule has 0 bridgehead atoms. The normalized spacial score (nSPS) is 18.6. The Balaban J connectivity index is 1.28. The van der Waals surface area contributed by atoms with Gasteiger partial charge < -0.3 is 14.5 Å². The molecular weight excluding hydrogens is 407 g/mol. The number of esters is 1. The van der Waals surface area contributed by atoms with Gasteiger partial charge in [-0.15, -0.1) is 11.3 Å². The van der Waals surface area contributed by atoms with E-state index in [1.807, 2.05) is 11.4 Å². The Kier molecular flexibility index (Phi) is 6.13. The van der Waals surface area contributed by atoms with E-state index in [0.717, 1.165) is 12.0 Å². The Labute approximate surface area is 178 Å². The number of thiophene rings is 1. The van der Waals surface area contributed by atoms with E-state index >= 15 is 0 Å². The summed E-state index contributed by atoms with van der Waals surface area (Å²) in [6.07, 6.45) is 2.12. The molecule has 1 fully saturated rings. The van der Waals surface area contributed by atoms with Crippen LogP contribution in [0.2, 0.25) is 0 Å². The van der Waals surface area contributed by atoms with Gasteiger partial charge >= 0.3 is 5.97 Å². The van der Waals surface area contributed by atoms with Crippen LogP contribution in [0.4, 0.5) is 4.39 Å². The number of likely N-dealkylation sites (tertiary alicyclic amines) is 1. The molecule has 0 saturated carbocycles. The molecule has 0 aliphatic carbocycles. The molecule has 4 rings (SSSR count). The lowest BCUT2D eigenvalue weighted by atomic mass is 9.97. The molecule has 1 atom stereocenters. The van der Waals surface area contributed by atoms with Crippen LogP contribution in [-0.4, -0.2) is 53.8 Å². The van der Waals surface area contributed by atoms with E-state index in [9.17, 15) is 18.8 Å². The van der Waals surface area contributed by atoms with Crippen molar-refractivity contribution in [2.45, 2.75) is 25.8 Å². The Hall–Kier alpha value is -2.74. The van der Waals surface area contributed by atoms with E-state index in [1.54, 1.807) is 21.1 Å². The highest BCUT2D eigenvalue weighted by Crippen LogP contribution is 2.24. The van der Waals surface area contributed by atoms with Crippen molar-refractivity contribution in [3.63, 3.8) is 0 Å². The monoisotopic (exact) mass is 430 g/mol. The minimum Gasteiger partial charge on any atom is -0.455 e. The first-order valence-electron chi connectivity index (χ1n) is 10.1. The number of amides is 2. The van der Waals surface area contributed by atoms with E-state index in [4.69, 9.17) is 4.74 Å². The first kappa shape index (κ1) is 20.5. The molecular formula is C22H23FN2O4S. The van der Waals surface area contributed by atoms with Crippen molar-refractivity contribution in [2.24, 2.45) is 5.92 Å². The molecule has 1 aromatic heterocycles. The predicted molar refractivity (Wildman–Crippen MR) is 109 cm³/mol. The number of piperidine rings is 1. The van der Waals surface area contributed by atoms with Gasteiger partial charge in [0.2, 0.25) is 0 Å². The average molecular weight is 431 g/mol. The summed E-state index contributed by atoms with van der Waals surface area (Å²) >= 11 is 1.70. The third kappa shape index (κ3) is 4.53. The average Bonchev–Trinajstić information content (AvgIpc) is 3.25.